The van der Waals surface area contributed by atoms with Crippen molar-refractivity contribution < 1.29 is 9.53 Å². The van der Waals surface area contributed by atoms with Gasteiger partial charge in [0.1, 0.15) is 11.6 Å². The van der Waals surface area contributed by atoms with Crippen LogP contribution in [0.1, 0.15) is 24.7 Å². The molecule has 2 heterocycles. The van der Waals surface area contributed by atoms with E-state index in [0.29, 0.717) is 5.75 Å². The summed E-state index contributed by atoms with van der Waals surface area (Å²) in [6, 6.07) is 7.86. The summed E-state index contributed by atoms with van der Waals surface area (Å²) in [4.78, 5) is 16.6. The lowest BCUT2D eigenvalue weighted by Gasteiger charge is -2.26. The van der Waals surface area contributed by atoms with Gasteiger partial charge in [-0.3, -0.25) is 4.79 Å². The average Bonchev–Trinajstić information content (AvgIpc) is 2.97. The number of ether oxygens (including phenoxy) is 1. The summed E-state index contributed by atoms with van der Waals surface area (Å²) in [5.74, 6) is 1.73. The molecular formula is C17H21N3O2. The second-order valence-corrected chi connectivity index (χ2v) is 5.81. The van der Waals surface area contributed by atoms with Crippen LogP contribution in [0, 0.1) is 6.92 Å². The number of benzene rings is 1. The van der Waals surface area contributed by atoms with Gasteiger partial charge in [0.25, 0.3) is 5.91 Å². The standard InChI is InChI=1S/C17H21N3O2/c1-12-3-6-15(7-4-12)22-13(2)17(21)19-14-5-8-16-18-9-10-20(16)11-14/h3-4,6-7,9-10,13-14H,5,8,11H2,1-2H3,(H,19,21)/t13-,14+/m1/s1. The molecule has 3 rings (SSSR count). The van der Waals surface area contributed by atoms with Crippen LogP contribution in [0.15, 0.2) is 36.7 Å². The SMILES string of the molecule is Cc1ccc(O[C@H](C)C(=O)N[C@H]2CCc3nccn3C2)cc1. The Morgan fingerprint density at radius 2 is 2.18 bits per heavy atom. The molecule has 0 saturated heterocycles. The highest BCUT2D eigenvalue weighted by Gasteiger charge is 2.23. The molecule has 2 atom stereocenters. The van der Waals surface area contributed by atoms with Crippen molar-refractivity contribution in [1.29, 1.82) is 0 Å². The Balaban J connectivity index is 1.54. The van der Waals surface area contributed by atoms with Crippen molar-refractivity contribution in [2.75, 3.05) is 0 Å². The summed E-state index contributed by atoms with van der Waals surface area (Å²) in [7, 11) is 0. The zero-order valence-corrected chi connectivity index (χ0v) is 13.0. The second kappa shape index (κ2) is 6.22. The Bertz CT molecular complexity index is 648. The monoisotopic (exact) mass is 299 g/mol. The van der Waals surface area contributed by atoms with Crippen LogP contribution in [0.2, 0.25) is 0 Å². The van der Waals surface area contributed by atoms with Gasteiger partial charge in [0.2, 0.25) is 0 Å². The number of nitrogens with one attached hydrogen (secondary N) is 1. The van der Waals surface area contributed by atoms with E-state index in [1.807, 2.05) is 43.6 Å². The van der Waals surface area contributed by atoms with Gasteiger partial charge in [0.05, 0.1) is 0 Å². The van der Waals surface area contributed by atoms with Crippen molar-refractivity contribution in [2.24, 2.45) is 0 Å². The summed E-state index contributed by atoms with van der Waals surface area (Å²) >= 11 is 0. The number of nitrogens with zero attached hydrogens (tertiary/aromatic N) is 2. The lowest BCUT2D eigenvalue weighted by Crippen LogP contribution is -2.46. The molecule has 0 saturated carbocycles. The van der Waals surface area contributed by atoms with Crippen molar-refractivity contribution in [1.82, 2.24) is 14.9 Å². The number of fused-ring (bicyclic) bond motifs is 1. The summed E-state index contributed by atoms with van der Waals surface area (Å²) in [6.07, 6.45) is 5.07. The third kappa shape index (κ3) is 3.30. The Labute approximate surface area is 130 Å². The highest BCUT2D eigenvalue weighted by atomic mass is 16.5. The van der Waals surface area contributed by atoms with Crippen LogP contribution in [0.3, 0.4) is 0 Å². The van der Waals surface area contributed by atoms with Crippen LogP contribution in [0.25, 0.3) is 0 Å². The molecule has 1 aliphatic rings. The number of amides is 1. The molecule has 0 fully saturated rings. The molecule has 1 amide bonds. The zero-order chi connectivity index (χ0) is 15.5. The van der Waals surface area contributed by atoms with E-state index in [4.69, 9.17) is 4.74 Å². The number of carbonyl (C=O) groups excluding carboxylic acids is 1. The van der Waals surface area contributed by atoms with Gasteiger partial charge in [0.15, 0.2) is 6.10 Å². The number of rotatable bonds is 4. The van der Waals surface area contributed by atoms with Crippen LogP contribution < -0.4 is 10.1 Å². The number of carbonyl (C=O) groups is 1. The summed E-state index contributed by atoms with van der Waals surface area (Å²) in [5.41, 5.74) is 1.17. The van der Waals surface area contributed by atoms with Crippen molar-refractivity contribution >= 4 is 5.91 Å². The Hall–Kier alpha value is -2.30. The highest BCUT2D eigenvalue weighted by Crippen LogP contribution is 2.15. The third-order valence-electron chi connectivity index (χ3n) is 3.98. The largest absolute Gasteiger partial charge is 0.481 e. The van der Waals surface area contributed by atoms with Gasteiger partial charge in [-0.05, 0) is 32.4 Å². The first-order valence-electron chi connectivity index (χ1n) is 7.65. The first-order valence-corrected chi connectivity index (χ1v) is 7.65. The molecule has 1 aromatic carbocycles. The Morgan fingerprint density at radius 3 is 2.95 bits per heavy atom. The number of imidazole rings is 1. The molecule has 0 bridgehead atoms. The maximum absolute atomic E-state index is 12.3. The van der Waals surface area contributed by atoms with E-state index >= 15 is 0 Å². The summed E-state index contributed by atoms with van der Waals surface area (Å²) in [5, 5.41) is 3.07. The Morgan fingerprint density at radius 1 is 1.41 bits per heavy atom. The maximum Gasteiger partial charge on any atom is 0.261 e. The van der Waals surface area contributed by atoms with Gasteiger partial charge in [-0.1, -0.05) is 17.7 Å². The van der Waals surface area contributed by atoms with Crippen LogP contribution in [-0.4, -0.2) is 27.6 Å². The van der Waals surface area contributed by atoms with E-state index in [1.54, 1.807) is 6.92 Å². The van der Waals surface area contributed by atoms with Gasteiger partial charge < -0.3 is 14.6 Å². The number of hydrogen-bond donors (Lipinski definition) is 1. The molecule has 116 valence electrons. The molecule has 5 heteroatoms. The lowest BCUT2D eigenvalue weighted by molar-refractivity contribution is -0.128. The predicted molar refractivity (Wildman–Crippen MR) is 83.7 cm³/mol. The molecule has 0 aliphatic carbocycles. The van der Waals surface area contributed by atoms with E-state index in [1.165, 1.54) is 5.56 Å². The normalized spacial score (nSPS) is 18.4. The van der Waals surface area contributed by atoms with Crippen molar-refractivity contribution in [3.05, 3.63) is 48.0 Å². The van der Waals surface area contributed by atoms with Crippen molar-refractivity contribution in [2.45, 2.75) is 45.4 Å². The van der Waals surface area contributed by atoms with Gasteiger partial charge in [-0.2, -0.15) is 0 Å². The lowest BCUT2D eigenvalue weighted by atomic mass is 10.1. The summed E-state index contributed by atoms with van der Waals surface area (Å²) in [6.45, 7) is 4.58. The molecule has 0 radical (unpaired) electrons. The zero-order valence-electron chi connectivity index (χ0n) is 13.0. The minimum absolute atomic E-state index is 0.0749. The van der Waals surface area contributed by atoms with E-state index < -0.39 is 6.10 Å². The summed E-state index contributed by atoms with van der Waals surface area (Å²) < 4.78 is 7.79. The van der Waals surface area contributed by atoms with Gasteiger partial charge in [0, 0.05) is 31.4 Å². The van der Waals surface area contributed by atoms with Crippen molar-refractivity contribution in [3.63, 3.8) is 0 Å². The fourth-order valence-corrected chi connectivity index (χ4v) is 2.68. The van der Waals surface area contributed by atoms with Gasteiger partial charge in [-0.15, -0.1) is 0 Å². The van der Waals surface area contributed by atoms with E-state index in [0.717, 1.165) is 25.2 Å². The van der Waals surface area contributed by atoms with E-state index in [9.17, 15) is 4.79 Å². The van der Waals surface area contributed by atoms with Gasteiger partial charge in [-0.25, -0.2) is 4.98 Å². The van der Waals surface area contributed by atoms with E-state index in [-0.39, 0.29) is 11.9 Å². The molecule has 0 spiro atoms. The maximum atomic E-state index is 12.3. The number of aromatic nitrogens is 2. The van der Waals surface area contributed by atoms with Crippen LogP contribution in [0.5, 0.6) is 5.75 Å². The first kappa shape index (κ1) is 14.6. The molecule has 2 aromatic rings. The van der Waals surface area contributed by atoms with Crippen molar-refractivity contribution in [3.8, 4) is 5.75 Å². The molecule has 1 N–H and O–H groups in total. The van der Waals surface area contributed by atoms with Crippen LogP contribution in [-0.2, 0) is 17.8 Å². The minimum atomic E-state index is -0.508. The topological polar surface area (TPSA) is 56.1 Å². The smallest absolute Gasteiger partial charge is 0.261 e. The molecule has 0 unspecified atom stereocenters. The average molecular weight is 299 g/mol. The molecule has 22 heavy (non-hydrogen) atoms. The van der Waals surface area contributed by atoms with Crippen LogP contribution in [0.4, 0.5) is 0 Å². The molecular weight excluding hydrogens is 278 g/mol. The Kier molecular flexibility index (Phi) is 4.13. The van der Waals surface area contributed by atoms with Crippen LogP contribution >= 0.6 is 0 Å². The molecule has 5 nitrogen and oxygen atoms in total. The minimum Gasteiger partial charge on any atom is -0.481 e. The van der Waals surface area contributed by atoms with E-state index in [2.05, 4.69) is 14.9 Å². The first-order chi connectivity index (χ1) is 10.6. The molecule has 1 aliphatic heterocycles. The number of hydrogen-bond acceptors (Lipinski definition) is 3. The fourth-order valence-electron chi connectivity index (χ4n) is 2.68. The highest BCUT2D eigenvalue weighted by molar-refractivity contribution is 5.81. The van der Waals surface area contributed by atoms with Gasteiger partial charge >= 0.3 is 0 Å². The third-order valence-corrected chi connectivity index (χ3v) is 3.98. The fraction of sp³-hybridized carbons (Fsp3) is 0.412. The molecule has 1 aromatic heterocycles. The number of aryl methyl sites for hydroxylation is 2. The second-order valence-electron chi connectivity index (χ2n) is 5.81. The predicted octanol–water partition coefficient (Wildman–Crippen LogP) is 2.09. The quantitative estimate of drug-likeness (QED) is 0.940.